The number of carbonyl (C=O) groups is 1. The molecule has 0 heterocycles. The van der Waals surface area contributed by atoms with Crippen molar-refractivity contribution in [3.8, 4) is 5.75 Å². The van der Waals surface area contributed by atoms with Gasteiger partial charge < -0.3 is 9.47 Å². The highest BCUT2D eigenvalue weighted by Crippen LogP contribution is 2.24. The molecule has 1 aromatic rings. The number of benzene rings is 1. The Kier molecular flexibility index (Phi) is 3.72. The van der Waals surface area contributed by atoms with E-state index in [0.717, 1.165) is 16.9 Å². The van der Waals surface area contributed by atoms with Gasteiger partial charge in [-0.05, 0) is 31.0 Å². The van der Waals surface area contributed by atoms with Crippen molar-refractivity contribution in [3.05, 3.63) is 29.3 Å². The van der Waals surface area contributed by atoms with Crippen molar-refractivity contribution < 1.29 is 14.3 Å². The minimum Gasteiger partial charge on any atom is -0.496 e. The van der Waals surface area contributed by atoms with Gasteiger partial charge in [-0.3, -0.25) is 4.79 Å². The normalized spacial score (nSPS) is 12.0. The van der Waals surface area contributed by atoms with E-state index in [1.54, 1.807) is 7.11 Å². The van der Waals surface area contributed by atoms with Gasteiger partial charge in [0.2, 0.25) is 0 Å². The van der Waals surface area contributed by atoms with Crippen LogP contribution in [0.25, 0.3) is 0 Å². The van der Waals surface area contributed by atoms with Gasteiger partial charge in [-0.25, -0.2) is 0 Å². The molecule has 0 aromatic heterocycles. The van der Waals surface area contributed by atoms with E-state index in [1.165, 1.54) is 7.11 Å². The van der Waals surface area contributed by atoms with Crippen LogP contribution in [0.2, 0.25) is 0 Å². The largest absolute Gasteiger partial charge is 0.496 e. The summed E-state index contributed by atoms with van der Waals surface area (Å²) in [4.78, 5) is 11.3. The van der Waals surface area contributed by atoms with Gasteiger partial charge in [0.25, 0.3) is 0 Å². The number of rotatable bonds is 3. The predicted octanol–water partition coefficient (Wildman–Crippen LogP) is 2.28. The summed E-state index contributed by atoms with van der Waals surface area (Å²) in [5.41, 5.74) is 1.96. The van der Waals surface area contributed by atoms with Crippen LogP contribution in [0.5, 0.6) is 5.75 Å². The maximum atomic E-state index is 11.3. The van der Waals surface area contributed by atoms with Gasteiger partial charge in [0, 0.05) is 0 Å². The molecule has 0 aliphatic rings. The molecule has 0 spiro atoms. The molecule has 0 radical (unpaired) electrons. The first kappa shape index (κ1) is 11.6. The highest BCUT2D eigenvalue weighted by molar-refractivity contribution is 5.77. The van der Waals surface area contributed by atoms with Crippen molar-refractivity contribution in [1.29, 1.82) is 0 Å². The third-order valence-corrected chi connectivity index (χ3v) is 2.49. The van der Waals surface area contributed by atoms with Crippen LogP contribution in [0.4, 0.5) is 0 Å². The topological polar surface area (TPSA) is 35.5 Å². The second-order valence-corrected chi connectivity index (χ2v) is 3.47. The van der Waals surface area contributed by atoms with Crippen molar-refractivity contribution in [2.45, 2.75) is 19.8 Å². The number of ether oxygens (including phenoxy) is 2. The lowest BCUT2D eigenvalue weighted by Gasteiger charge is -2.12. The summed E-state index contributed by atoms with van der Waals surface area (Å²) in [5.74, 6) is 0.300. The fraction of sp³-hybridized carbons (Fsp3) is 0.417. The van der Waals surface area contributed by atoms with Crippen molar-refractivity contribution in [3.63, 3.8) is 0 Å². The van der Waals surface area contributed by atoms with Crippen LogP contribution in [0.15, 0.2) is 18.2 Å². The molecule has 0 aliphatic heterocycles. The Morgan fingerprint density at radius 1 is 1.33 bits per heavy atom. The van der Waals surface area contributed by atoms with E-state index in [-0.39, 0.29) is 11.9 Å². The van der Waals surface area contributed by atoms with Gasteiger partial charge in [-0.2, -0.15) is 0 Å². The molecule has 3 heteroatoms. The second-order valence-electron chi connectivity index (χ2n) is 3.47. The molecule has 1 unspecified atom stereocenters. The lowest BCUT2D eigenvalue weighted by Crippen LogP contribution is -2.10. The van der Waals surface area contributed by atoms with Crippen LogP contribution in [-0.4, -0.2) is 20.2 Å². The molecular formula is C12H16O3. The first-order valence-corrected chi connectivity index (χ1v) is 4.82. The van der Waals surface area contributed by atoms with Gasteiger partial charge >= 0.3 is 5.97 Å². The molecule has 3 nitrogen and oxygen atoms in total. The van der Waals surface area contributed by atoms with Gasteiger partial charge in [-0.1, -0.05) is 12.1 Å². The molecule has 82 valence electrons. The molecule has 0 fully saturated rings. The lowest BCUT2D eigenvalue weighted by molar-refractivity contribution is -0.141. The minimum atomic E-state index is -0.260. The van der Waals surface area contributed by atoms with E-state index in [4.69, 9.17) is 9.47 Å². The predicted molar refractivity (Wildman–Crippen MR) is 58.2 cm³/mol. The Balaban J connectivity index is 3.00. The Labute approximate surface area is 90.0 Å². The number of methoxy groups -OCH3 is 2. The van der Waals surface area contributed by atoms with E-state index >= 15 is 0 Å². The summed E-state index contributed by atoms with van der Waals surface area (Å²) < 4.78 is 9.89. The number of esters is 1. The second kappa shape index (κ2) is 4.82. The molecule has 0 N–H and O–H groups in total. The van der Waals surface area contributed by atoms with Crippen LogP contribution in [0, 0.1) is 6.92 Å². The van der Waals surface area contributed by atoms with Crippen molar-refractivity contribution >= 4 is 5.97 Å². The molecule has 1 aromatic carbocycles. The van der Waals surface area contributed by atoms with Crippen LogP contribution in [-0.2, 0) is 9.53 Å². The average Bonchev–Trinajstić information content (AvgIpc) is 2.27. The van der Waals surface area contributed by atoms with Crippen molar-refractivity contribution in [2.24, 2.45) is 0 Å². The van der Waals surface area contributed by atoms with Crippen LogP contribution >= 0.6 is 0 Å². The maximum Gasteiger partial charge on any atom is 0.312 e. The zero-order valence-electron chi connectivity index (χ0n) is 9.53. The summed E-state index contributed by atoms with van der Waals surface area (Å²) in [5, 5.41) is 0. The summed E-state index contributed by atoms with van der Waals surface area (Å²) in [7, 11) is 3.01. The fourth-order valence-electron chi connectivity index (χ4n) is 1.42. The summed E-state index contributed by atoms with van der Waals surface area (Å²) in [6.45, 7) is 3.78. The SMILES string of the molecule is COC(=O)C(C)c1ccc(C)c(OC)c1. The van der Waals surface area contributed by atoms with Gasteiger partial charge in [-0.15, -0.1) is 0 Å². The smallest absolute Gasteiger partial charge is 0.312 e. The van der Waals surface area contributed by atoms with Gasteiger partial charge in [0.05, 0.1) is 20.1 Å². The summed E-state index contributed by atoms with van der Waals surface area (Å²) >= 11 is 0. The molecule has 1 rings (SSSR count). The molecule has 0 bridgehead atoms. The lowest BCUT2D eigenvalue weighted by atomic mass is 9.99. The number of aryl methyl sites for hydroxylation is 1. The van der Waals surface area contributed by atoms with E-state index in [9.17, 15) is 4.79 Å². The van der Waals surface area contributed by atoms with E-state index in [1.807, 2.05) is 32.0 Å². The Bertz CT molecular complexity index is 358. The fourth-order valence-corrected chi connectivity index (χ4v) is 1.42. The molecular weight excluding hydrogens is 192 g/mol. The number of carbonyl (C=O) groups excluding carboxylic acids is 1. The third-order valence-electron chi connectivity index (χ3n) is 2.49. The molecule has 15 heavy (non-hydrogen) atoms. The van der Waals surface area contributed by atoms with Gasteiger partial charge in [0.15, 0.2) is 0 Å². The van der Waals surface area contributed by atoms with Crippen LogP contribution < -0.4 is 4.74 Å². The minimum absolute atomic E-state index is 0.235. The summed E-state index contributed by atoms with van der Waals surface area (Å²) in [6.07, 6.45) is 0. The molecule has 1 atom stereocenters. The third kappa shape index (κ3) is 2.49. The Morgan fingerprint density at radius 2 is 2.00 bits per heavy atom. The zero-order valence-corrected chi connectivity index (χ0v) is 9.53. The van der Waals surface area contributed by atoms with Gasteiger partial charge in [0.1, 0.15) is 5.75 Å². The van der Waals surface area contributed by atoms with E-state index in [0.29, 0.717) is 0 Å². The highest BCUT2D eigenvalue weighted by atomic mass is 16.5. The number of hydrogen-bond donors (Lipinski definition) is 0. The molecule has 0 saturated carbocycles. The van der Waals surface area contributed by atoms with E-state index in [2.05, 4.69) is 0 Å². The Hall–Kier alpha value is -1.51. The highest BCUT2D eigenvalue weighted by Gasteiger charge is 2.16. The monoisotopic (exact) mass is 208 g/mol. The number of hydrogen-bond acceptors (Lipinski definition) is 3. The first-order chi connectivity index (χ1) is 7.10. The Morgan fingerprint density at radius 3 is 2.53 bits per heavy atom. The quantitative estimate of drug-likeness (QED) is 0.715. The average molecular weight is 208 g/mol. The van der Waals surface area contributed by atoms with Crippen molar-refractivity contribution in [2.75, 3.05) is 14.2 Å². The molecule has 0 aliphatic carbocycles. The van der Waals surface area contributed by atoms with Crippen LogP contribution in [0.3, 0.4) is 0 Å². The first-order valence-electron chi connectivity index (χ1n) is 4.82. The molecule has 0 amide bonds. The molecule has 0 saturated heterocycles. The van der Waals surface area contributed by atoms with Crippen LogP contribution in [0.1, 0.15) is 24.0 Å². The van der Waals surface area contributed by atoms with Crippen molar-refractivity contribution in [1.82, 2.24) is 0 Å². The summed E-state index contributed by atoms with van der Waals surface area (Å²) in [6, 6.07) is 5.73. The maximum absolute atomic E-state index is 11.3. The standard InChI is InChI=1S/C12H16O3/c1-8-5-6-10(7-11(8)14-3)9(2)12(13)15-4/h5-7,9H,1-4H3. The zero-order chi connectivity index (χ0) is 11.4. The van der Waals surface area contributed by atoms with E-state index < -0.39 is 0 Å².